The smallest absolute Gasteiger partial charge is 0.350 e. The van der Waals surface area contributed by atoms with Gasteiger partial charge in [0.15, 0.2) is 12.4 Å². The molecule has 12 nitrogen and oxygen atoms in total. The molecule has 5 N–H and O–H groups in total. The van der Waals surface area contributed by atoms with Gasteiger partial charge in [-0.15, -0.1) is 9.78 Å². The molecule has 0 unspecified atom stereocenters. The van der Waals surface area contributed by atoms with Crippen molar-refractivity contribution in [2.45, 2.75) is 13.0 Å². The van der Waals surface area contributed by atoms with Crippen LogP contribution in [-0.4, -0.2) is 62.1 Å². The number of amides is 1. The number of hydrogen-bond donors (Lipinski definition) is 4. The van der Waals surface area contributed by atoms with E-state index in [1.807, 2.05) is 19.1 Å². The van der Waals surface area contributed by atoms with Gasteiger partial charge in [0.1, 0.15) is 17.6 Å². The van der Waals surface area contributed by atoms with Crippen LogP contribution in [0.4, 0.5) is 5.69 Å². The van der Waals surface area contributed by atoms with Crippen molar-refractivity contribution in [3.05, 3.63) is 93.9 Å². The Balaban J connectivity index is 1.74. The van der Waals surface area contributed by atoms with Gasteiger partial charge in [-0.3, -0.25) is 15.2 Å². The van der Waals surface area contributed by atoms with Gasteiger partial charge in [0.05, 0.1) is 0 Å². The summed E-state index contributed by atoms with van der Waals surface area (Å²) in [6, 6.07) is 13.6. The number of carbonyl (C=O) groups is 1. The molecule has 12 heteroatoms. The number of hydrogen-bond acceptors (Lipinski definition) is 8. The van der Waals surface area contributed by atoms with Crippen LogP contribution in [-0.2, 0) is 4.79 Å². The van der Waals surface area contributed by atoms with Crippen LogP contribution in [0.1, 0.15) is 28.6 Å². The van der Waals surface area contributed by atoms with Crippen LogP contribution in [0.25, 0.3) is 5.95 Å². The molecule has 0 aliphatic rings. The van der Waals surface area contributed by atoms with Gasteiger partial charge in [0.2, 0.25) is 0 Å². The van der Waals surface area contributed by atoms with E-state index in [-0.39, 0.29) is 24.3 Å². The highest BCUT2D eigenvalue weighted by atomic mass is 16.5. The number of amidine groups is 1. The van der Waals surface area contributed by atoms with Gasteiger partial charge in [-0.1, -0.05) is 6.07 Å². The molecule has 4 rings (SSSR count). The number of benzene rings is 2. The number of aromatic amines is 1. The first-order chi connectivity index (χ1) is 17.7. The highest BCUT2D eigenvalue weighted by molar-refractivity contribution is 5.95. The second kappa shape index (κ2) is 10.7. The molecule has 0 spiro atoms. The normalized spacial score (nSPS) is 11.5. The monoisotopic (exact) mass is 501 g/mol. The maximum Gasteiger partial charge on any atom is 0.350 e. The molecule has 190 valence electrons. The number of nitrogens with one attached hydrogen (secondary N) is 3. The predicted molar refractivity (Wildman–Crippen MR) is 138 cm³/mol. The van der Waals surface area contributed by atoms with Crippen LogP contribution in [0.2, 0.25) is 0 Å². The van der Waals surface area contributed by atoms with E-state index in [1.165, 1.54) is 17.3 Å². The Morgan fingerprint density at radius 3 is 2.54 bits per heavy atom. The first kappa shape index (κ1) is 25.1. The lowest BCUT2D eigenvalue weighted by Crippen LogP contribution is -2.27. The lowest BCUT2D eigenvalue weighted by Gasteiger charge is -2.20. The molecule has 1 atom stereocenters. The highest BCUT2D eigenvalue weighted by Gasteiger charge is 2.22. The summed E-state index contributed by atoms with van der Waals surface area (Å²) >= 11 is 0. The van der Waals surface area contributed by atoms with E-state index in [0.717, 1.165) is 15.8 Å². The molecule has 0 radical (unpaired) electrons. The molecular formula is C25H27N9O3. The van der Waals surface area contributed by atoms with Gasteiger partial charge in [-0.2, -0.15) is 0 Å². The fourth-order valence-corrected chi connectivity index (χ4v) is 3.53. The Bertz CT molecular complexity index is 1460. The lowest BCUT2D eigenvalue weighted by molar-refractivity contribution is -0.130. The third kappa shape index (κ3) is 5.99. The van der Waals surface area contributed by atoms with Crippen molar-refractivity contribution < 1.29 is 9.53 Å². The minimum Gasteiger partial charge on any atom is -0.484 e. The van der Waals surface area contributed by atoms with Crippen molar-refractivity contribution in [3.63, 3.8) is 0 Å². The third-order valence-electron chi connectivity index (χ3n) is 5.42. The number of ether oxygens (including phenoxy) is 1. The molecule has 1 amide bonds. The Labute approximate surface area is 212 Å². The SMILES string of the molecule is Cc1cc(OCC(=O)N(C)C)cc([C@H](Nc2ccc(C(=N)N)cc2)c2nn(-c3ncccn3)c(=O)[nH]2)c1. The highest BCUT2D eigenvalue weighted by Crippen LogP contribution is 2.28. The summed E-state index contributed by atoms with van der Waals surface area (Å²) in [6.45, 7) is 1.79. The van der Waals surface area contributed by atoms with Crippen LogP contribution >= 0.6 is 0 Å². The van der Waals surface area contributed by atoms with Crippen LogP contribution in [0.5, 0.6) is 5.75 Å². The lowest BCUT2D eigenvalue weighted by atomic mass is 10.0. The molecule has 0 saturated carbocycles. The van der Waals surface area contributed by atoms with Crippen LogP contribution in [0.15, 0.2) is 65.7 Å². The molecule has 37 heavy (non-hydrogen) atoms. The molecule has 2 aromatic carbocycles. The Hall–Kier alpha value is -5.00. The number of likely N-dealkylation sites (N-methyl/N-ethyl adjacent to an activating group) is 1. The average molecular weight is 502 g/mol. The van der Waals surface area contributed by atoms with E-state index < -0.39 is 11.7 Å². The molecule has 0 saturated heterocycles. The first-order valence-electron chi connectivity index (χ1n) is 11.3. The van der Waals surface area contributed by atoms with E-state index in [1.54, 1.807) is 50.5 Å². The quantitative estimate of drug-likeness (QED) is 0.198. The number of anilines is 1. The summed E-state index contributed by atoms with van der Waals surface area (Å²) in [4.78, 5) is 37.3. The van der Waals surface area contributed by atoms with Gasteiger partial charge in [0.25, 0.3) is 11.9 Å². The van der Waals surface area contributed by atoms with Crippen LogP contribution < -0.4 is 21.5 Å². The van der Waals surface area contributed by atoms with Crippen molar-refractivity contribution in [3.8, 4) is 11.7 Å². The topological polar surface area (TPSA) is 168 Å². The fraction of sp³-hybridized carbons (Fsp3) is 0.200. The standard InChI is InChI=1S/C25H27N9O3/c1-15-11-17(13-19(12-15)37-14-20(35)33(2)3)21(30-18-7-5-16(6-8-18)22(26)27)23-31-25(36)34(32-23)24-28-9-4-10-29-24/h4-13,21,30H,14H2,1-3H3,(H3,26,27)(H,31,32,36)/t21-/m0/s1. The van der Waals surface area contributed by atoms with Crippen molar-refractivity contribution in [1.29, 1.82) is 5.41 Å². The summed E-state index contributed by atoms with van der Waals surface area (Å²) in [5, 5.41) is 15.5. The van der Waals surface area contributed by atoms with E-state index in [9.17, 15) is 9.59 Å². The number of rotatable bonds is 9. The molecule has 0 aliphatic heterocycles. The van der Waals surface area contributed by atoms with Crippen LogP contribution in [0.3, 0.4) is 0 Å². The number of nitrogens with zero attached hydrogens (tertiary/aromatic N) is 5. The number of carbonyl (C=O) groups excluding carboxylic acids is 1. The summed E-state index contributed by atoms with van der Waals surface area (Å²) in [5.41, 5.74) is 7.98. The summed E-state index contributed by atoms with van der Waals surface area (Å²) in [7, 11) is 3.32. The van der Waals surface area contributed by atoms with Crippen molar-refractivity contribution in [1.82, 2.24) is 29.6 Å². The number of H-pyrrole nitrogens is 1. The zero-order valence-electron chi connectivity index (χ0n) is 20.6. The molecule has 2 aromatic heterocycles. The Kier molecular flexibility index (Phi) is 7.28. The first-order valence-corrected chi connectivity index (χ1v) is 11.3. The van der Waals surface area contributed by atoms with Gasteiger partial charge in [-0.05, 0) is 60.5 Å². The molecule has 0 aliphatic carbocycles. The second-order valence-electron chi connectivity index (χ2n) is 8.50. The third-order valence-corrected chi connectivity index (χ3v) is 5.42. The van der Waals surface area contributed by atoms with E-state index in [4.69, 9.17) is 15.9 Å². The summed E-state index contributed by atoms with van der Waals surface area (Å²) < 4.78 is 6.84. The van der Waals surface area contributed by atoms with Crippen molar-refractivity contribution in [2.24, 2.45) is 5.73 Å². The van der Waals surface area contributed by atoms with Crippen molar-refractivity contribution >= 4 is 17.4 Å². The van der Waals surface area contributed by atoms with Crippen LogP contribution in [0, 0.1) is 12.3 Å². The zero-order chi connectivity index (χ0) is 26.5. The van der Waals surface area contributed by atoms with E-state index in [0.29, 0.717) is 22.8 Å². The van der Waals surface area contributed by atoms with E-state index in [2.05, 4.69) is 25.4 Å². The maximum absolute atomic E-state index is 12.8. The summed E-state index contributed by atoms with van der Waals surface area (Å²) in [5.74, 6) is 0.733. The Morgan fingerprint density at radius 2 is 1.89 bits per heavy atom. The summed E-state index contributed by atoms with van der Waals surface area (Å²) in [6.07, 6.45) is 3.04. The van der Waals surface area contributed by atoms with Gasteiger partial charge < -0.3 is 20.7 Å². The molecular weight excluding hydrogens is 474 g/mol. The van der Waals surface area contributed by atoms with Gasteiger partial charge >= 0.3 is 5.69 Å². The minimum absolute atomic E-state index is 0.0400. The number of aromatic nitrogens is 5. The number of aryl methyl sites for hydroxylation is 1. The van der Waals surface area contributed by atoms with E-state index >= 15 is 0 Å². The maximum atomic E-state index is 12.8. The van der Waals surface area contributed by atoms with Gasteiger partial charge in [-0.25, -0.2) is 14.8 Å². The molecule has 2 heterocycles. The average Bonchev–Trinajstić information content (AvgIpc) is 3.27. The largest absolute Gasteiger partial charge is 0.484 e. The Morgan fingerprint density at radius 1 is 1.19 bits per heavy atom. The number of nitrogens with two attached hydrogens (primary N) is 1. The molecule has 0 bridgehead atoms. The minimum atomic E-state index is -0.618. The van der Waals surface area contributed by atoms with Gasteiger partial charge in [0, 0.05) is 37.7 Å². The zero-order valence-corrected chi connectivity index (χ0v) is 20.6. The predicted octanol–water partition coefficient (Wildman–Crippen LogP) is 1.61. The molecule has 0 fully saturated rings. The second-order valence-corrected chi connectivity index (χ2v) is 8.50. The number of nitrogen functional groups attached to an aromatic ring is 1. The molecule has 4 aromatic rings. The van der Waals surface area contributed by atoms with Crippen molar-refractivity contribution in [2.75, 3.05) is 26.0 Å². The fourth-order valence-electron chi connectivity index (χ4n) is 3.53.